The van der Waals surface area contributed by atoms with Crippen molar-refractivity contribution in [1.82, 2.24) is 0 Å². The van der Waals surface area contributed by atoms with Gasteiger partial charge in [0, 0.05) is 24.5 Å². The van der Waals surface area contributed by atoms with E-state index in [1.807, 2.05) is 0 Å². The molecule has 0 amide bonds. The van der Waals surface area contributed by atoms with Gasteiger partial charge in [-0.3, -0.25) is 0 Å². The summed E-state index contributed by atoms with van der Waals surface area (Å²) in [6.07, 6.45) is 0. The molecule has 0 aromatic heterocycles. The number of nitrogens with one attached hydrogen (secondary N) is 2. The topological polar surface area (TPSA) is 24.1 Å². The third kappa shape index (κ3) is 4.02. The Morgan fingerprint density at radius 2 is 1.35 bits per heavy atom. The lowest BCUT2D eigenvalue weighted by Gasteiger charge is -2.12. The van der Waals surface area contributed by atoms with Gasteiger partial charge >= 0.3 is 0 Å². The Morgan fingerprint density at radius 1 is 0.700 bits per heavy atom. The van der Waals surface area contributed by atoms with Crippen molar-refractivity contribution in [3.8, 4) is 0 Å². The fourth-order valence-electron chi connectivity index (χ4n) is 2.41. The van der Waals surface area contributed by atoms with Crippen LogP contribution in [0.15, 0.2) is 36.4 Å². The van der Waals surface area contributed by atoms with E-state index in [1.54, 1.807) is 0 Å². The maximum Gasteiger partial charge on any atom is 0.0373 e. The second kappa shape index (κ2) is 6.47. The Kier molecular flexibility index (Phi) is 4.67. The Bertz CT molecular complexity index is 568. The minimum Gasteiger partial charge on any atom is -0.383 e. The zero-order valence-corrected chi connectivity index (χ0v) is 12.9. The van der Waals surface area contributed by atoms with Gasteiger partial charge in [-0.2, -0.15) is 0 Å². The van der Waals surface area contributed by atoms with E-state index in [2.05, 4.69) is 74.7 Å². The van der Waals surface area contributed by atoms with Crippen molar-refractivity contribution in [2.24, 2.45) is 0 Å². The summed E-state index contributed by atoms with van der Waals surface area (Å²) in [5.41, 5.74) is 7.62. The SMILES string of the molecule is Cc1cc(C)cc(NCCNc2cc(C)ccc2C)c1. The number of benzene rings is 2. The molecule has 0 atom stereocenters. The van der Waals surface area contributed by atoms with E-state index in [0.29, 0.717) is 0 Å². The van der Waals surface area contributed by atoms with Gasteiger partial charge in [0.2, 0.25) is 0 Å². The van der Waals surface area contributed by atoms with Crippen molar-refractivity contribution in [3.63, 3.8) is 0 Å². The number of hydrogen-bond acceptors (Lipinski definition) is 2. The highest BCUT2D eigenvalue weighted by molar-refractivity contribution is 5.53. The number of aryl methyl sites for hydroxylation is 4. The van der Waals surface area contributed by atoms with Crippen LogP contribution in [0, 0.1) is 27.7 Å². The van der Waals surface area contributed by atoms with E-state index in [9.17, 15) is 0 Å². The van der Waals surface area contributed by atoms with Crippen LogP contribution in [0.25, 0.3) is 0 Å². The molecule has 20 heavy (non-hydrogen) atoms. The van der Waals surface area contributed by atoms with E-state index in [4.69, 9.17) is 0 Å². The maximum absolute atomic E-state index is 3.49. The molecule has 0 radical (unpaired) electrons. The van der Waals surface area contributed by atoms with E-state index in [0.717, 1.165) is 13.1 Å². The highest BCUT2D eigenvalue weighted by atomic mass is 14.9. The summed E-state index contributed by atoms with van der Waals surface area (Å²) in [6.45, 7) is 10.4. The first-order valence-corrected chi connectivity index (χ1v) is 7.18. The molecule has 106 valence electrons. The van der Waals surface area contributed by atoms with Crippen molar-refractivity contribution in [1.29, 1.82) is 0 Å². The molecule has 0 aliphatic heterocycles. The van der Waals surface area contributed by atoms with Crippen LogP contribution in [0.3, 0.4) is 0 Å². The van der Waals surface area contributed by atoms with Crippen molar-refractivity contribution in [2.45, 2.75) is 27.7 Å². The first kappa shape index (κ1) is 14.4. The van der Waals surface area contributed by atoms with Crippen molar-refractivity contribution < 1.29 is 0 Å². The number of hydrogen-bond donors (Lipinski definition) is 2. The molecule has 2 aromatic rings. The molecule has 2 N–H and O–H groups in total. The average Bonchev–Trinajstić information content (AvgIpc) is 2.37. The van der Waals surface area contributed by atoms with Gasteiger partial charge in [-0.05, 0) is 68.1 Å². The summed E-state index contributed by atoms with van der Waals surface area (Å²) >= 11 is 0. The summed E-state index contributed by atoms with van der Waals surface area (Å²) < 4.78 is 0. The van der Waals surface area contributed by atoms with E-state index in [1.165, 1.54) is 33.6 Å². The van der Waals surface area contributed by atoms with Gasteiger partial charge < -0.3 is 10.6 Å². The monoisotopic (exact) mass is 268 g/mol. The van der Waals surface area contributed by atoms with Gasteiger partial charge in [-0.15, -0.1) is 0 Å². The standard InChI is InChI=1S/C18H24N2/c1-13-5-6-16(4)18(12-13)20-8-7-19-17-10-14(2)9-15(3)11-17/h5-6,9-12,19-20H,7-8H2,1-4H3. The zero-order valence-electron chi connectivity index (χ0n) is 12.9. The maximum atomic E-state index is 3.49. The molecule has 0 saturated heterocycles. The van der Waals surface area contributed by atoms with Crippen LogP contribution in [0.1, 0.15) is 22.3 Å². The van der Waals surface area contributed by atoms with E-state index >= 15 is 0 Å². The molecule has 0 aliphatic rings. The van der Waals surface area contributed by atoms with Crippen LogP contribution in [-0.2, 0) is 0 Å². The molecule has 0 saturated carbocycles. The molecule has 0 unspecified atom stereocenters. The molecule has 2 rings (SSSR count). The molecule has 0 aliphatic carbocycles. The Morgan fingerprint density at radius 3 is 2.05 bits per heavy atom. The molecule has 0 heterocycles. The highest BCUT2D eigenvalue weighted by Gasteiger charge is 1.98. The second-order valence-electron chi connectivity index (χ2n) is 5.55. The van der Waals surface area contributed by atoms with Crippen molar-refractivity contribution in [3.05, 3.63) is 58.7 Å². The van der Waals surface area contributed by atoms with E-state index < -0.39 is 0 Å². The molecule has 2 heteroatoms. The average molecular weight is 268 g/mol. The van der Waals surface area contributed by atoms with Gasteiger partial charge in [0.15, 0.2) is 0 Å². The number of anilines is 2. The molecular weight excluding hydrogens is 244 g/mol. The van der Waals surface area contributed by atoms with Gasteiger partial charge in [0.1, 0.15) is 0 Å². The van der Waals surface area contributed by atoms with Gasteiger partial charge in [-0.25, -0.2) is 0 Å². The van der Waals surface area contributed by atoms with Crippen LogP contribution < -0.4 is 10.6 Å². The van der Waals surface area contributed by atoms with Crippen LogP contribution in [0.5, 0.6) is 0 Å². The van der Waals surface area contributed by atoms with Crippen molar-refractivity contribution >= 4 is 11.4 Å². The van der Waals surface area contributed by atoms with Gasteiger partial charge in [-0.1, -0.05) is 18.2 Å². The summed E-state index contributed by atoms with van der Waals surface area (Å²) in [5, 5.41) is 6.96. The second-order valence-corrected chi connectivity index (χ2v) is 5.55. The molecular formula is C18H24N2. The van der Waals surface area contributed by atoms with Crippen LogP contribution in [-0.4, -0.2) is 13.1 Å². The fraction of sp³-hybridized carbons (Fsp3) is 0.333. The number of rotatable bonds is 5. The van der Waals surface area contributed by atoms with Crippen LogP contribution in [0.2, 0.25) is 0 Å². The lowest BCUT2D eigenvalue weighted by molar-refractivity contribution is 1.07. The van der Waals surface area contributed by atoms with E-state index in [-0.39, 0.29) is 0 Å². The van der Waals surface area contributed by atoms with Gasteiger partial charge in [0.05, 0.1) is 0 Å². The lowest BCUT2D eigenvalue weighted by atomic mass is 10.1. The minimum absolute atomic E-state index is 0.913. The zero-order chi connectivity index (χ0) is 14.5. The third-order valence-corrected chi connectivity index (χ3v) is 3.38. The first-order chi connectivity index (χ1) is 9.54. The first-order valence-electron chi connectivity index (χ1n) is 7.18. The highest BCUT2D eigenvalue weighted by Crippen LogP contribution is 2.16. The van der Waals surface area contributed by atoms with Crippen LogP contribution in [0.4, 0.5) is 11.4 Å². The summed E-state index contributed by atoms with van der Waals surface area (Å²) in [4.78, 5) is 0. The van der Waals surface area contributed by atoms with Crippen LogP contribution >= 0.6 is 0 Å². The Hall–Kier alpha value is -1.96. The summed E-state index contributed by atoms with van der Waals surface area (Å²) in [5.74, 6) is 0. The normalized spacial score (nSPS) is 10.4. The summed E-state index contributed by atoms with van der Waals surface area (Å²) in [6, 6.07) is 13.1. The molecule has 0 spiro atoms. The lowest BCUT2D eigenvalue weighted by Crippen LogP contribution is -2.14. The smallest absolute Gasteiger partial charge is 0.0373 e. The minimum atomic E-state index is 0.913. The molecule has 0 fully saturated rings. The predicted octanol–water partition coefficient (Wildman–Crippen LogP) is 4.44. The Balaban J connectivity index is 1.86. The van der Waals surface area contributed by atoms with Gasteiger partial charge in [0.25, 0.3) is 0 Å². The molecule has 2 nitrogen and oxygen atoms in total. The molecule has 2 aromatic carbocycles. The third-order valence-electron chi connectivity index (χ3n) is 3.38. The fourth-order valence-corrected chi connectivity index (χ4v) is 2.41. The Labute approximate surface area is 122 Å². The molecule has 0 bridgehead atoms. The quantitative estimate of drug-likeness (QED) is 0.783. The predicted molar refractivity (Wildman–Crippen MR) is 88.8 cm³/mol. The van der Waals surface area contributed by atoms with Crippen molar-refractivity contribution in [2.75, 3.05) is 23.7 Å². The largest absolute Gasteiger partial charge is 0.383 e. The summed E-state index contributed by atoms with van der Waals surface area (Å²) in [7, 11) is 0.